The lowest BCUT2D eigenvalue weighted by Crippen LogP contribution is -2.31. The number of halogens is 1. The minimum Gasteiger partial charge on any atom is -0.370 e. The molecule has 9 nitrogen and oxygen atoms in total. The van der Waals surface area contributed by atoms with Crippen LogP contribution < -0.4 is 10.2 Å². The smallest absolute Gasteiger partial charge is 0.255 e. The quantitative estimate of drug-likeness (QED) is 0.490. The molecule has 0 atom stereocenters. The van der Waals surface area contributed by atoms with Gasteiger partial charge in [-0.15, -0.1) is 0 Å². The number of benzene rings is 2. The summed E-state index contributed by atoms with van der Waals surface area (Å²) in [6, 6.07) is 8.94. The monoisotopic (exact) mass is 568 g/mol. The van der Waals surface area contributed by atoms with Crippen LogP contribution in [-0.4, -0.2) is 70.6 Å². The fourth-order valence-corrected chi connectivity index (χ4v) is 8.33. The van der Waals surface area contributed by atoms with E-state index in [1.54, 1.807) is 26.0 Å². The van der Waals surface area contributed by atoms with Crippen LogP contribution in [0.1, 0.15) is 49.9 Å². The predicted molar refractivity (Wildman–Crippen MR) is 145 cm³/mol. The van der Waals surface area contributed by atoms with Crippen molar-refractivity contribution in [2.45, 2.75) is 49.3 Å². The Kier molecular flexibility index (Phi) is 8.49. The van der Waals surface area contributed by atoms with E-state index in [2.05, 4.69) is 10.2 Å². The molecule has 12 heteroatoms. The van der Waals surface area contributed by atoms with Gasteiger partial charge in [-0.05, 0) is 62.1 Å². The fourth-order valence-electron chi connectivity index (χ4n) is 4.83. The third-order valence-corrected chi connectivity index (χ3v) is 11.3. The van der Waals surface area contributed by atoms with E-state index in [0.29, 0.717) is 31.9 Å². The van der Waals surface area contributed by atoms with E-state index in [0.717, 1.165) is 44.5 Å². The number of anilines is 2. The van der Waals surface area contributed by atoms with Crippen molar-refractivity contribution >= 4 is 48.9 Å². The van der Waals surface area contributed by atoms with Crippen LogP contribution in [0.5, 0.6) is 0 Å². The second-order valence-corrected chi connectivity index (χ2v) is 13.4. The average Bonchev–Trinajstić information content (AvgIpc) is 3.60. The van der Waals surface area contributed by atoms with Crippen molar-refractivity contribution in [3.05, 3.63) is 47.0 Å². The molecule has 2 heterocycles. The molecule has 2 aliphatic heterocycles. The van der Waals surface area contributed by atoms with E-state index in [1.807, 2.05) is 0 Å². The molecular weight excluding hydrogens is 536 g/mol. The Hall–Kier alpha value is -2.18. The van der Waals surface area contributed by atoms with E-state index >= 15 is 0 Å². The molecule has 202 valence electrons. The molecule has 0 aliphatic carbocycles. The zero-order chi connectivity index (χ0) is 26.8. The maximum absolute atomic E-state index is 13.4. The first kappa shape index (κ1) is 27.8. The minimum absolute atomic E-state index is 0.0496. The topological polar surface area (TPSA) is 107 Å². The third kappa shape index (κ3) is 5.65. The first-order valence-electron chi connectivity index (χ1n) is 12.6. The summed E-state index contributed by atoms with van der Waals surface area (Å²) in [5, 5.41) is 2.89. The molecule has 1 N–H and O–H groups in total. The summed E-state index contributed by atoms with van der Waals surface area (Å²) in [7, 11) is -7.58. The maximum atomic E-state index is 13.4. The highest BCUT2D eigenvalue weighted by molar-refractivity contribution is 7.89. The van der Waals surface area contributed by atoms with Crippen LogP contribution in [0.15, 0.2) is 46.2 Å². The number of hydrogen-bond acceptors (Lipinski definition) is 6. The van der Waals surface area contributed by atoms with E-state index in [-0.39, 0.29) is 20.4 Å². The van der Waals surface area contributed by atoms with Crippen molar-refractivity contribution in [2.75, 3.05) is 49.5 Å². The van der Waals surface area contributed by atoms with Gasteiger partial charge in [0, 0.05) is 44.8 Å². The van der Waals surface area contributed by atoms with Crippen LogP contribution in [-0.2, 0) is 20.0 Å². The molecule has 2 aromatic carbocycles. The van der Waals surface area contributed by atoms with Crippen molar-refractivity contribution in [1.82, 2.24) is 8.61 Å². The van der Waals surface area contributed by atoms with Gasteiger partial charge in [0.25, 0.3) is 5.91 Å². The highest BCUT2D eigenvalue weighted by Crippen LogP contribution is 2.33. The summed E-state index contributed by atoms with van der Waals surface area (Å²) in [5.74, 6) is -0.549. The van der Waals surface area contributed by atoms with Crippen molar-refractivity contribution in [2.24, 2.45) is 0 Å². The van der Waals surface area contributed by atoms with Gasteiger partial charge in [0.05, 0.1) is 21.3 Å². The van der Waals surface area contributed by atoms with Gasteiger partial charge in [0.1, 0.15) is 4.90 Å². The molecule has 0 saturated carbocycles. The number of hydrogen-bond donors (Lipinski definition) is 1. The van der Waals surface area contributed by atoms with Crippen molar-refractivity contribution < 1.29 is 21.6 Å². The highest BCUT2D eigenvalue weighted by atomic mass is 35.5. The molecule has 0 unspecified atom stereocenters. The van der Waals surface area contributed by atoms with Gasteiger partial charge in [0.15, 0.2) is 0 Å². The predicted octanol–water partition coefficient (Wildman–Crippen LogP) is 4.01. The number of amides is 1. The van der Waals surface area contributed by atoms with Crippen molar-refractivity contribution in [1.29, 1.82) is 0 Å². The highest BCUT2D eigenvalue weighted by Gasteiger charge is 2.30. The first-order chi connectivity index (χ1) is 17.6. The maximum Gasteiger partial charge on any atom is 0.255 e. The number of carbonyl (C=O) groups is 1. The molecule has 2 aliphatic rings. The Morgan fingerprint density at radius 3 is 2.16 bits per heavy atom. The molecule has 0 spiro atoms. The second kappa shape index (κ2) is 11.3. The Bertz CT molecular complexity index is 1370. The van der Waals surface area contributed by atoms with Crippen LogP contribution >= 0.6 is 11.6 Å². The Morgan fingerprint density at radius 2 is 1.54 bits per heavy atom. The minimum atomic E-state index is -3.83. The van der Waals surface area contributed by atoms with E-state index in [9.17, 15) is 21.6 Å². The van der Waals surface area contributed by atoms with E-state index in [4.69, 9.17) is 11.6 Å². The summed E-state index contributed by atoms with van der Waals surface area (Å²) in [4.78, 5) is 15.4. The van der Waals surface area contributed by atoms with Gasteiger partial charge in [-0.1, -0.05) is 25.4 Å². The fraction of sp³-hybridized carbons (Fsp3) is 0.480. The van der Waals surface area contributed by atoms with Gasteiger partial charge >= 0.3 is 0 Å². The lowest BCUT2D eigenvalue weighted by atomic mass is 10.2. The summed E-state index contributed by atoms with van der Waals surface area (Å²) >= 11 is 6.25. The normalized spacial score (nSPS) is 17.0. The Labute approximate surface area is 224 Å². The average molecular weight is 569 g/mol. The number of carbonyl (C=O) groups excluding carboxylic acids is 1. The van der Waals surface area contributed by atoms with Crippen LogP contribution in [0, 0.1) is 0 Å². The molecule has 1 amide bonds. The van der Waals surface area contributed by atoms with Gasteiger partial charge < -0.3 is 10.2 Å². The zero-order valence-electron chi connectivity index (χ0n) is 21.1. The molecule has 2 saturated heterocycles. The molecule has 4 rings (SSSR count). The van der Waals surface area contributed by atoms with Crippen molar-refractivity contribution in [3.63, 3.8) is 0 Å². The molecular formula is C25H33ClN4O5S2. The molecule has 0 bridgehead atoms. The summed E-state index contributed by atoms with van der Waals surface area (Å²) < 4.78 is 55.3. The van der Waals surface area contributed by atoms with Gasteiger partial charge in [-0.2, -0.15) is 8.61 Å². The summed E-state index contributed by atoms with van der Waals surface area (Å²) in [6.45, 7) is 6.63. The van der Waals surface area contributed by atoms with Crippen molar-refractivity contribution in [3.8, 4) is 0 Å². The molecule has 0 radical (unpaired) electrons. The van der Waals surface area contributed by atoms with Crippen LogP contribution in [0.25, 0.3) is 0 Å². The zero-order valence-corrected chi connectivity index (χ0v) is 23.5. The summed E-state index contributed by atoms with van der Waals surface area (Å²) in [5.41, 5.74) is 1.20. The van der Waals surface area contributed by atoms with Crippen LogP contribution in [0.3, 0.4) is 0 Å². The SMILES string of the molecule is CCN(CC)S(=O)(=O)c1ccc(N2CCCC2)c(NC(=O)c2ccc(Cl)c(S(=O)(=O)N3CCCC3)c2)c1. The number of nitrogens with zero attached hydrogens (tertiary/aromatic N) is 3. The number of nitrogens with one attached hydrogen (secondary N) is 1. The lowest BCUT2D eigenvalue weighted by Gasteiger charge is -2.24. The molecule has 37 heavy (non-hydrogen) atoms. The lowest BCUT2D eigenvalue weighted by molar-refractivity contribution is 0.102. The van der Waals surface area contributed by atoms with E-state index in [1.165, 1.54) is 32.9 Å². The Morgan fingerprint density at radius 1 is 0.919 bits per heavy atom. The number of sulfonamides is 2. The van der Waals surface area contributed by atoms with Crippen LogP contribution in [0.2, 0.25) is 5.02 Å². The largest absolute Gasteiger partial charge is 0.370 e. The first-order valence-corrected chi connectivity index (χ1v) is 15.9. The molecule has 0 aromatic heterocycles. The van der Waals surface area contributed by atoms with Gasteiger partial charge in [0.2, 0.25) is 20.0 Å². The van der Waals surface area contributed by atoms with E-state index < -0.39 is 26.0 Å². The molecule has 2 aromatic rings. The molecule has 2 fully saturated rings. The summed E-state index contributed by atoms with van der Waals surface area (Å²) in [6.07, 6.45) is 3.57. The van der Waals surface area contributed by atoms with Crippen LogP contribution in [0.4, 0.5) is 11.4 Å². The van der Waals surface area contributed by atoms with Gasteiger partial charge in [-0.25, -0.2) is 16.8 Å². The Balaban J connectivity index is 1.70. The standard InChI is InChI=1S/C25H33ClN4O5S2/c1-3-29(4-2)36(32,33)20-10-12-23(28-13-5-6-14-28)22(18-20)27-25(31)19-9-11-21(26)24(17-19)37(34,35)30-15-7-8-16-30/h9-12,17-18H,3-8,13-16H2,1-2H3,(H,27,31). The number of rotatable bonds is 9. The van der Waals surface area contributed by atoms with Gasteiger partial charge in [-0.3, -0.25) is 4.79 Å². The third-order valence-electron chi connectivity index (χ3n) is 6.88. The second-order valence-electron chi connectivity index (χ2n) is 9.17.